The van der Waals surface area contributed by atoms with Gasteiger partial charge in [-0.1, -0.05) is 32.5 Å². The molecule has 0 radical (unpaired) electrons. The molecule has 2 unspecified atom stereocenters. The van der Waals surface area contributed by atoms with Gasteiger partial charge >= 0.3 is 0 Å². The highest BCUT2D eigenvalue weighted by Gasteiger charge is 2.35. The molecule has 2 N–H and O–H groups in total. The van der Waals surface area contributed by atoms with Gasteiger partial charge in [-0.3, -0.25) is 4.79 Å². The Kier molecular flexibility index (Phi) is 4.41. The van der Waals surface area contributed by atoms with Gasteiger partial charge < -0.3 is 10.6 Å². The minimum atomic E-state index is -0.0743. The van der Waals surface area contributed by atoms with Gasteiger partial charge in [0.1, 0.15) is 11.4 Å². The summed E-state index contributed by atoms with van der Waals surface area (Å²) in [4.78, 5) is 21.4. The largest absolute Gasteiger partial charge is 0.351 e. The van der Waals surface area contributed by atoms with Crippen LogP contribution in [0.1, 0.15) is 44.9 Å². The minimum Gasteiger partial charge on any atom is -0.351 e. The third-order valence-electron chi connectivity index (χ3n) is 4.20. The van der Waals surface area contributed by atoms with E-state index in [0.717, 1.165) is 48.6 Å². The average Bonchev–Trinajstić information content (AvgIpc) is 2.91. The highest BCUT2D eigenvalue weighted by atomic mass is 32.2. The highest BCUT2D eigenvalue weighted by molar-refractivity contribution is 8.00. The second-order valence-electron chi connectivity index (χ2n) is 7.12. The average molecular weight is 320 g/mol. The maximum atomic E-state index is 12.5. The second-order valence-corrected chi connectivity index (χ2v) is 8.31. The summed E-state index contributed by atoms with van der Waals surface area (Å²) in [7, 11) is 0. The number of hydrogen-bond donors (Lipinski definition) is 2. The van der Waals surface area contributed by atoms with Crippen molar-refractivity contribution >= 4 is 17.7 Å². The summed E-state index contributed by atoms with van der Waals surface area (Å²) in [5.41, 5.74) is 2.20. The fourth-order valence-corrected chi connectivity index (χ4v) is 4.23. The van der Waals surface area contributed by atoms with Crippen molar-refractivity contribution in [1.29, 1.82) is 0 Å². The van der Waals surface area contributed by atoms with Crippen molar-refractivity contribution in [3.8, 4) is 0 Å². The number of carbonyl (C=O) groups is 1. The summed E-state index contributed by atoms with van der Waals surface area (Å²) < 4.78 is 0. The van der Waals surface area contributed by atoms with E-state index in [0.29, 0.717) is 0 Å². The van der Waals surface area contributed by atoms with E-state index in [4.69, 9.17) is 0 Å². The molecule has 1 aromatic heterocycles. The molecular weight excluding hydrogens is 296 g/mol. The number of carbonyl (C=O) groups excluding carboxylic acids is 1. The van der Waals surface area contributed by atoms with Gasteiger partial charge in [0.15, 0.2) is 0 Å². The topological polar surface area (TPSA) is 66.9 Å². The number of amides is 1. The van der Waals surface area contributed by atoms with Crippen molar-refractivity contribution in [2.75, 3.05) is 13.1 Å². The molecule has 2 aliphatic rings. The van der Waals surface area contributed by atoms with Crippen LogP contribution < -0.4 is 10.6 Å². The van der Waals surface area contributed by atoms with E-state index >= 15 is 0 Å². The van der Waals surface area contributed by atoms with Crippen molar-refractivity contribution in [2.45, 2.75) is 61.8 Å². The fourth-order valence-electron chi connectivity index (χ4n) is 3.11. The van der Waals surface area contributed by atoms with Crippen molar-refractivity contribution < 1.29 is 4.79 Å². The predicted molar refractivity (Wildman–Crippen MR) is 88.1 cm³/mol. The Morgan fingerprint density at radius 2 is 2.23 bits per heavy atom. The zero-order chi connectivity index (χ0) is 15.7. The van der Waals surface area contributed by atoms with Crippen molar-refractivity contribution in [1.82, 2.24) is 20.6 Å². The monoisotopic (exact) mass is 320 g/mol. The molecule has 1 amide bonds. The van der Waals surface area contributed by atoms with Gasteiger partial charge in [0.2, 0.25) is 5.91 Å². The van der Waals surface area contributed by atoms with Crippen molar-refractivity contribution in [3.05, 3.63) is 17.6 Å². The SMILES string of the molecule is CC(C)(C)c1ncnc2c1CC(C(=O)NC1CCCNC1)S2. The molecular formula is C16H24N4OS. The summed E-state index contributed by atoms with van der Waals surface area (Å²) in [6.45, 7) is 8.40. The van der Waals surface area contributed by atoms with Gasteiger partial charge in [0, 0.05) is 23.6 Å². The van der Waals surface area contributed by atoms with Crippen LogP contribution in [0, 0.1) is 0 Å². The normalized spacial score (nSPS) is 24.9. The number of hydrogen-bond acceptors (Lipinski definition) is 5. The van der Waals surface area contributed by atoms with Crippen LogP contribution in [0.25, 0.3) is 0 Å². The number of nitrogens with zero attached hydrogens (tertiary/aromatic N) is 2. The molecule has 0 aromatic carbocycles. The smallest absolute Gasteiger partial charge is 0.234 e. The van der Waals surface area contributed by atoms with Crippen LogP contribution in [0.4, 0.5) is 0 Å². The predicted octanol–water partition coefficient (Wildman–Crippen LogP) is 1.66. The lowest BCUT2D eigenvalue weighted by atomic mass is 9.88. The molecule has 0 aliphatic carbocycles. The third kappa shape index (κ3) is 3.27. The number of thioether (sulfide) groups is 1. The van der Waals surface area contributed by atoms with E-state index in [2.05, 4.69) is 41.4 Å². The standard InChI is InChI=1S/C16H24N4OS/c1-16(2,3)13-11-7-12(22-15(11)19-9-18-13)14(21)20-10-5-4-6-17-8-10/h9-10,12,17H,4-8H2,1-3H3,(H,20,21). The van der Waals surface area contributed by atoms with Crippen molar-refractivity contribution in [3.63, 3.8) is 0 Å². The molecule has 6 heteroatoms. The molecule has 2 aliphatic heterocycles. The fraction of sp³-hybridized carbons (Fsp3) is 0.688. The molecule has 0 bridgehead atoms. The first-order chi connectivity index (χ1) is 10.4. The lowest BCUT2D eigenvalue weighted by Crippen LogP contribution is -2.48. The zero-order valence-electron chi connectivity index (χ0n) is 13.5. The van der Waals surface area contributed by atoms with E-state index < -0.39 is 0 Å². The number of nitrogens with one attached hydrogen (secondary N) is 2. The molecule has 1 fully saturated rings. The van der Waals surface area contributed by atoms with Gasteiger partial charge in [0.25, 0.3) is 0 Å². The minimum absolute atomic E-state index is 0.0216. The van der Waals surface area contributed by atoms with E-state index in [1.165, 1.54) is 0 Å². The van der Waals surface area contributed by atoms with Gasteiger partial charge in [-0.05, 0) is 25.8 Å². The van der Waals surface area contributed by atoms with E-state index in [1.54, 1.807) is 18.1 Å². The first-order valence-corrected chi connectivity index (χ1v) is 8.85. The molecule has 120 valence electrons. The van der Waals surface area contributed by atoms with Crippen LogP contribution in [-0.4, -0.2) is 40.3 Å². The Morgan fingerprint density at radius 3 is 2.91 bits per heavy atom. The van der Waals surface area contributed by atoms with Crippen LogP contribution in [-0.2, 0) is 16.6 Å². The van der Waals surface area contributed by atoms with Gasteiger partial charge in [-0.2, -0.15) is 0 Å². The quantitative estimate of drug-likeness (QED) is 0.811. The molecule has 0 saturated carbocycles. The van der Waals surface area contributed by atoms with E-state index in [9.17, 15) is 4.79 Å². The molecule has 22 heavy (non-hydrogen) atoms. The summed E-state index contributed by atoms with van der Waals surface area (Å²) >= 11 is 1.58. The Morgan fingerprint density at radius 1 is 1.41 bits per heavy atom. The molecule has 0 spiro atoms. The van der Waals surface area contributed by atoms with Gasteiger partial charge in [-0.15, -0.1) is 0 Å². The van der Waals surface area contributed by atoms with E-state index in [1.807, 2.05) is 0 Å². The third-order valence-corrected chi connectivity index (χ3v) is 5.44. The van der Waals surface area contributed by atoms with E-state index in [-0.39, 0.29) is 22.6 Å². The molecule has 3 rings (SSSR count). The van der Waals surface area contributed by atoms with Crippen LogP contribution >= 0.6 is 11.8 Å². The lowest BCUT2D eigenvalue weighted by molar-refractivity contribution is -0.121. The number of fused-ring (bicyclic) bond motifs is 1. The second kappa shape index (κ2) is 6.16. The molecule has 1 aromatic rings. The summed E-state index contributed by atoms with van der Waals surface area (Å²) in [5, 5.41) is 7.42. The number of rotatable bonds is 2. The molecule has 1 saturated heterocycles. The summed E-state index contributed by atoms with van der Waals surface area (Å²) in [5.74, 6) is 0.136. The van der Waals surface area contributed by atoms with Crippen molar-refractivity contribution in [2.24, 2.45) is 0 Å². The Bertz CT molecular complexity index is 564. The molecule has 2 atom stereocenters. The first-order valence-electron chi connectivity index (χ1n) is 7.97. The van der Waals surface area contributed by atoms with Crippen LogP contribution in [0.3, 0.4) is 0 Å². The number of aromatic nitrogens is 2. The summed E-state index contributed by atoms with van der Waals surface area (Å²) in [6, 6.07) is 0.263. The molecule has 3 heterocycles. The van der Waals surface area contributed by atoms with Crippen LogP contribution in [0.2, 0.25) is 0 Å². The molecule has 5 nitrogen and oxygen atoms in total. The van der Waals surface area contributed by atoms with Gasteiger partial charge in [-0.25, -0.2) is 9.97 Å². The van der Waals surface area contributed by atoms with Gasteiger partial charge in [0.05, 0.1) is 10.9 Å². The Labute approximate surface area is 136 Å². The lowest BCUT2D eigenvalue weighted by Gasteiger charge is -2.25. The zero-order valence-corrected chi connectivity index (χ0v) is 14.3. The van der Waals surface area contributed by atoms with Crippen LogP contribution in [0.5, 0.6) is 0 Å². The first kappa shape index (κ1) is 15.7. The number of piperidine rings is 1. The maximum absolute atomic E-state index is 12.5. The highest BCUT2D eigenvalue weighted by Crippen LogP contribution is 2.39. The summed E-state index contributed by atoms with van der Waals surface area (Å²) in [6.07, 6.45) is 4.55. The van der Waals surface area contributed by atoms with Crippen LogP contribution in [0.15, 0.2) is 11.4 Å². The Hall–Kier alpha value is -1.14. The Balaban J connectivity index is 1.70. The maximum Gasteiger partial charge on any atom is 0.234 e.